The molecule has 2 fully saturated rings. The van der Waals surface area contributed by atoms with Crippen LogP contribution in [-0.2, 0) is 9.53 Å². The molecule has 1 heterocycles. The van der Waals surface area contributed by atoms with Crippen molar-refractivity contribution in [2.45, 2.75) is 30.8 Å². The summed E-state index contributed by atoms with van der Waals surface area (Å²) < 4.78 is 4.85. The van der Waals surface area contributed by atoms with E-state index in [4.69, 9.17) is 4.74 Å². The van der Waals surface area contributed by atoms with Crippen LogP contribution in [0.15, 0.2) is 0 Å². The van der Waals surface area contributed by atoms with Crippen molar-refractivity contribution in [3.05, 3.63) is 0 Å². The lowest BCUT2D eigenvalue weighted by Gasteiger charge is -2.26. The Balaban J connectivity index is 2.03. The first-order chi connectivity index (χ1) is 6.27. The fourth-order valence-corrected chi connectivity index (χ4v) is 3.04. The fraction of sp³-hybridized carbons (Fsp3) is 0.889. The van der Waals surface area contributed by atoms with Gasteiger partial charge in [-0.15, -0.1) is 0 Å². The summed E-state index contributed by atoms with van der Waals surface area (Å²) in [6.45, 7) is 0. The van der Waals surface area contributed by atoms with Gasteiger partial charge >= 0.3 is 5.97 Å². The van der Waals surface area contributed by atoms with Crippen molar-refractivity contribution in [2.75, 3.05) is 18.6 Å². The molecule has 0 radical (unpaired) electrons. The summed E-state index contributed by atoms with van der Waals surface area (Å²) in [6.07, 6.45) is 3.34. The van der Waals surface area contributed by atoms with Crippen molar-refractivity contribution in [3.63, 3.8) is 0 Å². The van der Waals surface area contributed by atoms with E-state index in [1.807, 2.05) is 11.8 Å². The molecule has 74 valence electrons. The molecule has 1 unspecified atom stereocenters. The average Bonchev–Trinajstić information content (AvgIpc) is 2.81. The van der Waals surface area contributed by atoms with Crippen molar-refractivity contribution in [1.82, 2.24) is 5.32 Å². The topological polar surface area (TPSA) is 38.3 Å². The van der Waals surface area contributed by atoms with Crippen LogP contribution in [0.25, 0.3) is 0 Å². The molecule has 0 aromatic heterocycles. The molecular weight excluding hydrogens is 186 g/mol. The first-order valence-electron chi connectivity index (χ1n) is 4.71. The van der Waals surface area contributed by atoms with Crippen LogP contribution in [0.4, 0.5) is 0 Å². The molecule has 1 aliphatic heterocycles. The number of thioether (sulfide) groups is 1. The van der Waals surface area contributed by atoms with Gasteiger partial charge in [0.1, 0.15) is 5.54 Å². The highest BCUT2D eigenvalue weighted by molar-refractivity contribution is 7.99. The van der Waals surface area contributed by atoms with E-state index in [1.54, 1.807) is 0 Å². The van der Waals surface area contributed by atoms with Gasteiger partial charge in [-0.2, -0.15) is 11.8 Å². The number of carbonyl (C=O) groups is 1. The summed E-state index contributed by atoms with van der Waals surface area (Å²) in [5, 5.41) is 3.42. The molecule has 13 heavy (non-hydrogen) atoms. The van der Waals surface area contributed by atoms with Gasteiger partial charge in [0.2, 0.25) is 0 Å². The summed E-state index contributed by atoms with van der Waals surface area (Å²) in [6, 6.07) is 0.567. The lowest BCUT2D eigenvalue weighted by atomic mass is 9.99. The van der Waals surface area contributed by atoms with E-state index in [-0.39, 0.29) is 11.5 Å². The predicted octanol–water partition coefficient (Wildman–Crippen LogP) is 0.787. The van der Waals surface area contributed by atoms with Crippen molar-refractivity contribution >= 4 is 17.7 Å². The highest BCUT2D eigenvalue weighted by Gasteiger charge is 2.45. The zero-order chi connectivity index (χ0) is 9.31. The Morgan fingerprint density at radius 1 is 1.62 bits per heavy atom. The molecule has 1 aliphatic carbocycles. The number of methoxy groups -OCH3 is 1. The largest absolute Gasteiger partial charge is 0.468 e. The van der Waals surface area contributed by atoms with Gasteiger partial charge in [-0.1, -0.05) is 0 Å². The molecule has 0 bridgehead atoms. The van der Waals surface area contributed by atoms with Crippen molar-refractivity contribution < 1.29 is 9.53 Å². The molecule has 1 saturated heterocycles. The summed E-state index contributed by atoms with van der Waals surface area (Å²) in [5.41, 5.74) is -0.361. The van der Waals surface area contributed by atoms with Crippen LogP contribution in [0.3, 0.4) is 0 Å². The molecule has 0 spiro atoms. The van der Waals surface area contributed by atoms with Gasteiger partial charge < -0.3 is 4.74 Å². The quantitative estimate of drug-likeness (QED) is 0.685. The lowest BCUT2D eigenvalue weighted by Crippen LogP contribution is -2.53. The molecular formula is C9H15NO2S. The lowest BCUT2D eigenvalue weighted by molar-refractivity contribution is -0.147. The second-order valence-corrected chi connectivity index (χ2v) is 4.90. The molecule has 0 amide bonds. The Bertz CT molecular complexity index is 210. The van der Waals surface area contributed by atoms with E-state index in [0.29, 0.717) is 6.04 Å². The third-order valence-corrected chi connectivity index (χ3v) is 3.85. The van der Waals surface area contributed by atoms with Crippen molar-refractivity contribution in [1.29, 1.82) is 0 Å². The molecule has 2 aliphatic rings. The zero-order valence-electron chi connectivity index (χ0n) is 7.84. The average molecular weight is 201 g/mol. The second-order valence-electron chi connectivity index (χ2n) is 3.79. The van der Waals surface area contributed by atoms with E-state index >= 15 is 0 Å². The van der Waals surface area contributed by atoms with Crippen LogP contribution in [0.2, 0.25) is 0 Å². The molecule has 1 saturated carbocycles. The van der Waals surface area contributed by atoms with Gasteiger partial charge in [0.15, 0.2) is 0 Å². The van der Waals surface area contributed by atoms with E-state index in [1.165, 1.54) is 20.0 Å². The minimum absolute atomic E-state index is 0.0793. The van der Waals surface area contributed by atoms with Crippen molar-refractivity contribution in [2.24, 2.45) is 0 Å². The van der Waals surface area contributed by atoms with Gasteiger partial charge in [-0.05, 0) is 25.0 Å². The van der Waals surface area contributed by atoms with Gasteiger partial charge in [-0.3, -0.25) is 10.1 Å². The SMILES string of the molecule is COC(=O)C1(NC2CC2)CCSC1. The third-order valence-electron chi connectivity index (χ3n) is 2.66. The number of rotatable bonds is 3. The minimum Gasteiger partial charge on any atom is -0.468 e. The number of hydrogen-bond acceptors (Lipinski definition) is 4. The maximum absolute atomic E-state index is 11.6. The van der Waals surface area contributed by atoms with Gasteiger partial charge in [0.05, 0.1) is 7.11 Å². The molecule has 0 aromatic carbocycles. The molecule has 1 atom stereocenters. The Kier molecular flexibility index (Phi) is 2.51. The van der Waals surface area contributed by atoms with Crippen LogP contribution in [-0.4, -0.2) is 36.2 Å². The Hall–Kier alpha value is -0.220. The second kappa shape index (κ2) is 3.50. The number of hydrogen-bond donors (Lipinski definition) is 1. The highest BCUT2D eigenvalue weighted by atomic mass is 32.2. The number of ether oxygens (including phenoxy) is 1. The third kappa shape index (κ3) is 1.83. The monoisotopic (exact) mass is 201 g/mol. The van der Waals surface area contributed by atoms with E-state index < -0.39 is 0 Å². The van der Waals surface area contributed by atoms with Gasteiger partial charge in [-0.25, -0.2) is 0 Å². The highest BCUT2D eigenvalue weighted by Crippen LogP contribution is 2.33. The predicted molar refractivity (Wildman–Crippen MR) is 52.8 cm³/mol. The molecule has 4 heteroatoms. The number of carbonyl (C=O) groups excluding carboxylic acids is 1. The fourth-order valence-electron chi connectivity index (χ4n) is 1.71. The molecule has 0 aromatic rings. The van der Waals surface area contributed by atoms with Crippen LogP contribution in [0, 0.1) is 0 Å². The van der Waals surface area contributed by atoms with Crippen LogP contribution in [0.5, 0.6) is 0 Å². The van der Waals surface area contributed by atoms with Crippen molar-refractivity contribution in [3.8, 4) is 0 Å². The summed E-state index contributed by atoms with van der Waals surface area (Å²) >= 11 is 1.83. The Morgan fingerprint density at radius 2 is 2.38 bits per heavy atom. The number of esters is 1. The maximum atomic E-state index is 11.6. The Morgan fingerprint density at radius 3 is 2.85 bits per heavy atom. The Labute approximate surface area is 82.6 Å². The smallest absolute Gasteiger partial charge is 0.326 e. The van der Waals surface area contributed by atoms with Crippen LogP contribution < -0.4 is 5.32 Å². The molecule has 3 nitrogen and oxygen atoms in total. The zero-order valence-corrected chi connectivity index (χ0v) is 8.65. The van der Waals surface area contributed by atoms with Gasteiger partial charge in [0.25, 0.3) is 0 Å². The summed E-state index contributed by atoms with van der Waals surface area (Å²) in [7, 11) is 1.47. The first-order valence-corrected chi connectivity index (χ1v) is 5.86. The summed E-state index contributed by atoms with van der Waals surface area (Å²) in [4.78, 5) is 11.6. The first kappa shape index (κ1) is 9.34. The van der Waals surface area contributed by atoms with Crippen LogP contribution >= 0.6 is 11.8 Å². The summed E-state index contributed by atoms with van der Waals surface area (Å²) in [5.74, 6) is 1.86. The van der Waals surface area contributed by atoms with E-state index in [0.717, 1.165) is 17.9 Å². The molecule has 2 rings (SSSR count). The maximum Gasteiger partial charge on any atom is 0.326 e. The number of nitrogens with one attached hydrogen (secondary N) is 1. The molecule has 1 N–H and O–H groups in total. The van der Waals surface area contributed by atoms with E-state index in [2.05, 4.69) is 5.32 Å². The van der Waals surface area contributed by atoms with Crippen LogP contribution in [0.1, 0.15) is 19.3 Å². The van der Waals surface area contributed by atoms with E-state index in [9.17, 15) is 4.79 Å². The normalized spacial score (nSPS) is 33.3. The minimum atomic E-state index is -0.361. The standard InChI is InChI=1S/C9H15NO2S/c1-12-8(11)9(4-5-13-6-9)10-7-2-3-7/h7,10H,2-6H2,1H3. The van der Waals surface area contributed by atoms with Gasteiger partial charge in [0, 0.05) is 11.8 Å².